The Hall–Kier alpha value is -1.31. The van der Waals surface area contributed by atoms with Crippen LogP contribution in [0.25, 0.3) is 5.65 Å². The summed E-state index contributed by atoms with van der Waals surface area (Å²) in [6.07, 6.45) is 2.05. The Bertz CT molecular complexity index is 388. The molecule has 2 rings (SSSR count). The van der Waals surface area contributed by atoms with E-state index in [9.17, 15) is 0 Å². The number of pyridine rings is 1. The molecule has 0 unspecified atom stereocenters. The lowest BCUT2D eigenvalue weighted by molar-refractivity contribution is 1.09. The van der Waals surface area contributed by atoms with Crippen LogP contribution in [0.1, 0.15) is 25.2 Å². The third-order valence-electron chi connectivity index (χ3n) is 1.82. The van der Waals surface area contributed by atoms with Crippen molar-refractivity contribution in [2.24, 2.45) is 0 Å². The van der Waals surface area contributed by atoms with Crippen molar-refractivity contribution < 1.29 is 0 Å². The third-order valence-corrected chi connectivity index (χ3v) is 1.82. The summed E-state index contributed by atoms with van der Waals surface area (Å²) >= 11 is 0. The minimum absolute atomic E-state index is 1.03. The van der Waals surface area contributed by atoms with Gasteiger partial charge in [0.25, 0.3) is 0 Å². The molecule has 0 bridgehead atoms. The minimum atomic E-state index is 1.03. The summed E-state index contributed by atoms with van der Waals surface area (Å²) in [6, 6.07) is 6.12. The zero-order valence-corrected chi connectivity index (χ0v) is 8.70. The molecule has 0 aliphatic rings. The molecule has 0 saturated carbocycles. The van der Waals surface area contributed by atoms with Crippen molar-refractivity contribution >= 4 is 5.65 Å². The number of imidazole rings is 1. The van der Waals surface area contributed by atoms with E-state index in [1.165, 1.54) is 5.69 Å². The molecule has 0 aromatic carbocycles. The fourth-order valence-corrected chi connectivity index (χ4v) is 1.27. The Balaban J connectivity index is 0.000000396. The van der Waals surface area contributed by atoms with Gasteiger partial charge >= 0.3 is 0 Å². The van der Waals surface area contributed by atoms with Crippen molar-refractivity contribution in [1.82, 2.24) is 9.38 Å². The van der Waals surface area contributed by atoms with E-state index in [0.29, 0.717) is 0 Å². The zero-order chi connectivity index (χ0) is 9.84. The summed E-state index contributed by atoms with van der Waals surface area (Å²) in [5.74, 6) is 0. The van der Waals surface area contributed by atoms with Crippen molar-refractivity contribution in [3.05, 3.63) is 35.8 Å². The van der Waals surface area contributed by atoms with E-state index in [1.54, 1.807) is 0 Å². The predicted molar refractivity (Wildman–Crippen MR) is 56.0 cm³/mol. The predicted octanol–water partition coefficient (Wildman–Crippen LogP) is 2.98. The fourth-order valence-electron chi connectivity index (χ4n) is 1.27. The number of rotatable bonds is 0. The van der Waals surface area contributed by atoms with Crippen LogP contribution >= 0.6 is 0 Å². The molecular weight excluding hydrogens is 160 g/mol. The molecule has 0 N–H and O–H groups in total. The van der Waals surface area contributed by atoms with Crippen LogP contribution in [0.3, 0.4) is 0 Å². The average molecular weight is 176 g/mol. The van der Waals surface area contributed by atoms with Gasteiger partial charge in [-0.25, -0.2) is 4.98 Å². The van der Waals surface area contributed by atoms with Crippen LogP contribution < -0.4 is 0 Å². The lowest BCUT2D eigenvalue weighted by Gasteiger charge is -1.95. The molecule has 2 aromatic heterocycles. The van der Waals surface area contributed by atoms with Gasteiger partial charge in [0.1, 0.15) is 5.65 Å². The fraction of sp³-hybridized carbons (Fsp3) is 0.364. The molecule has 0 atom stereocenters. The van der Waals surface area contributed by atoms with Crippen molar-refractivity contribution in [2.75, 3.05) is 0 Å². The van der Waals surface area contributed by atoms with Crippen LogP contribution in [0.5, 0.6) is 0 Å². The van der Waals surface area contributed by atoms with Crippen molar-refractivity contribution in [1.29, 1.82) is 0 Å². The molecule has 0 spiro atoms. The number of hydrogen-bond acceptors (Lipinski definition) is 1. The van der Waals surface area contributed by atoms with Gasteiger partial charge in [0.2, 0.25) is 0 Å². The second kappa shape index (κ2) is 4.08. The largest absolute Gasteiger partial charge is 0.304 e. The number of fused-ring (bicyclic) bond motifs is 1. The first-order valence-corrected chi connectivity index (χ1v) is 4.69. The zero-order valence-electron chi connectivity index (χ0n) is 8.70. The standard InChI is InChI=1S/C9H10N2.C2H6/c1-7-6-11-8(2)4-3-5-9(11)10-7;1-2/h3-6H,1-2H3;1-2H3. The average Bonchev–Trinajstić information content (AvgIpc) is 2.51. The van der Waals surface area contributed by atoms with E-state index in [0.717, 1.165) is 11.3 Å². The molecule has 0 saturated heterocycles. The topological polar surface area (TPSA) is 17.3 Å². The second-order valence-corrected chi connectivity index (χ2v) is 2.78. The summed E-state index contributed by atoms with van der Waals surface area (Å²) in [6.45, 7) is 8.08. The molecule has 70 valence electrons. The molecule has 0 amide bonds. The lowest BCUT2D eigenvalue weighted by Crippen LogP contribution is -1.86. The van der Waals surface area contributed by atoms with E-state index in [1.807, 2.05) is 39.1 Å². The molecule has 2 heteroatoms. The highest BCUT2D eigenvalue weighted by Crippen LogP contribution is 2.06. The summed E-state index contributed by atoms with van der Waals surface area (Å²) in [4.78, 5) is 4.34. The smallest absolute Gasteiger partial charge is 0.137 e. The summed E-state index contributed by atoms with van der Waals surface area (Å²) < 4.78 is 2.09. The van der Waals surface area contributed by atoms with Gasteiger partial charge in [-0.15, -0.1) is 0 Å². The van der Waals surface area contributed by atoms with Crippen molar-refractivity contribution in [3.8, 4) is 0 Å². The minimum Gasteiger partial charge on any atom is -0.304 e. The van der Waals surface area contributed by atoms with Gasteiger partial charge in [-0.3, -0.25) is 0 Å². The van der Waals surface area contributed by atoms with Gasteiger partial charge in [-0.05, 0) is 26.0 Å². The summed E-state index contributed by atoms with van der Waals surface area (Å²) in [7, 11) is 0. The van der Waals surface area contributed by atoms with E-state index in [-0.39, 0.29) is 0 Å². The Morgan fingerprint density at radius 1 is 1.15 bits per heavy atom. The van der Waals surface area contributed by atoms with Crippen LogP contribution in [0.15, 0.2) is 24.4 Å². The van der Waals surface area contributed by atoms with Gasteiger partial charge in [0.05, 0.1) is 5.69 Å². The number of aryl methyl sites for hydroxylation is 2. The van der Waals surface area contributed by atoms with E-state index in [2.05, 4.69) is 22.4 Å². The van der Waals surface area contributed by atoms with Crippen LogP contribution in [-0.2, 0) is 0 Å². The Kier molecular flexibility index (Phi) is 3.07. The molecule has 0 fully saturated rings. The van der Waals surface area contributed by atoms with Crippen LogP contribution in [0.2, 0.25) is 0 Å². The Labute approximate surface area is 79.2 Å². The normalized spacial score (nSPS) is 9.54. The summed E-state index contributed by atoms with van der Waals surface area (Å²) in [5, 5.41) is 0. The highest BCUT2D eigenvalue weighted by molar-refractivity contribution is 5.41. The van der Waals surface area contributed by atoms with Gasteiger partial charge in [0.15, 0.2) is 0 Å². The number of aromatic nitrogens is 2. The molecular formula is C11H16N2. The van der Waals surface area contributed by atoms with Gasteiger partial charge < -0.3 is 4.40 Å². The molecule has 0 aliphatic carbocycles. The highest BCUT2D eigenvalue weighted by Gasteiger charge is 1.96. The van der Waals surface area contributed by atoms with Crippen LogP contribution in [0.4, 0.5) is 0 Å². The Morgan fingerprint density at radius 3 is 2.46 bits per heavy atom. The lowest BCUT2D eigenvalue weighted by atomic mass is 10.4. The summed E-state index contributed by atoms with van der Waals surface area (Å²) in [5.41, 5.74) is 3.32. The maximum absolute atomic E-state index is 4.34. The number of nitrogens with zero attached hydrogens (tertiary/aromatic N) is 2. The van der Waals surface area contributed by atoms with Crippen molar-refractivity contribution in [2.45, 2.75) is 27.7 Å². The van der Waals surface area contributed by atoms with E-state index in [4.69, 9.17) is 0 Å². The van der Waals surface area contributed by atoms with E-state index >= 15 is 0 Å². The molecule has 2 aromatic rings. The van der Waals surface area contributed by atoms with Crippen molar-refractivity contribution in [3.63, 3.8) is 0 Å². The SMILES string of the molecule is CC.Cc1cn2c(C)cccc2n1. The Morgan fingerprint density at radius 2 is 1.85 bits per heavy atom. The highest BCUT2D eigenvalue weighted by atomic mass is 15.0. The van der Waals surface area contributed by atoms with Gasteiger partial charge in [-0.2, -0.15) is 0 Å². The maximum atomic E-state index is 4.34. The molecule has 0 radical (unpaired) electrons. The monoisotopic (exact) mass is 176 g/mol. The second-order valence-electron chi connectivity index (χ2n) is 2.78. The number of hydrogen-bond donors (Lipinski definition) is 0. The molecule has 13 heavy (non-hydrogen) atoms. The third kappa shape index (κ3) is 1.89. The van der Waals surface area contributed by atoms with E-state index < -0.39 is 0 Å². The molecule has 0 aliphatic heterocycles. The van der Waals surface area contributed by atoms with Gasteiger partial charge in [0, 0.05) is 11.9 Å². The van der Waals surface area contributed by atoms with Crippen LogP contribution in [-0.4, -0.2) is 9.38 Å². The van der Waals surface area contributed by atoms with Gasteiger partial charge in [-0.1, -0.05) is 19.9 Å². The first-order valence-electron chi connectivity index (χ1n) is 4.69. The first-order chi connectivity index (χ1) is 6.27. The molecule has 2 nitrogen and oxygen atoms in total. The quantitative estimate of drug-likeness (QED) is 0.603. The van der Waals surface area contributed by atoms with Crippen LogP contribution in [0, 0.1) is 13.8 Å². The first kappa shape index (κ1) is 9.78. The molecule has 2 heterocycles. The maximum Gasteiger partial charge on any atom is 0.137 e.